The number of methoxy groups -OCH3 is 4. The number of hydrogen-bond acceptors (Lipinski definition) is 8. The number of benzene rings is 3. The third-order valence-corrected chi connectivity index (χ3v) is 10.7. The first-order valence-electron chi connectivity index (χ1n) is 18.1. The van der Waals surface area contributed by atoms with Gasteiger partial charge in [-0.05, 0) is 83.5 Å². The smallest absolute Gasteiger partial charge is 0.245 e. The predicted molar refractivity (Wildman–Crippen MR) is 204 cm³/mol. The summed E-state index contributed by atoms with van der Waals surface area (Å²) < 4.78 is 23.0. The molecule has 1 aliphatic heterocycles. The van der Waals surface area contributed by atoms with E-state index in [-0.39, 0.29) is 29.2 Å². The van der Waals surface area contributed by atoms with Gasteiger partial charge in [0.25, 0.3) is 0 Å². The van der Waals surface area contributed by atoms with Crippen molar-refractivity contribution < 1.29 is 28.5 Å². The zero-order valence-electron chi connectivity index (χ0n) is 31.1. The van der Waals surface area contributed by atoms with Crippen LogP contribution in [0.25, 0.3) is 21.9 Å². The third-order valence-electron chi connectivity index (χ3n) is 10.7. The van der Waals surface area contributed by atoms with Crippen molar-refractivity contribution in [1.82, 2.24) is 10.2 Å². The summed E-state index contributed by atoms with van der Waals surface area (Å²) in [7, 11) is 6.38. The minimum absolute atomic E-state index is 0.0378. The van der Waals surface area contributed by atoms with Crippen molar-refractivity contribution in [1.29, 1.82) is 0 Å². The molecule has 4 aromatic rings. The Balaban J connectivity index is 1.43. The summed E-state index contributed by atoms with van der Waals surface area (Å²) >= 11 is 0. The van der Waals surface area contributed by atoms with Gasteiger partial charge in [-0.3, -0.25) is 14.4 Å². The van der Waals surface area contributed by atoms with Gasteiger partial charge in [-0.2, -0.15) is 0 Å². The summed E-state index contributed by atoms with van der Waals surface area (Å²) in [6.07, 6.45) is 3.60. The fourth-order valence-corrected chi connectivity index (χ4v) is 7.97. The quantitative estimate of drug-likeness (QED) is 0.168. The van der Waals surface area contributed by atoms with E-state index in [9.17, 15) is 14.4 Å². The van der Waals surface area contributed by atoms with E-state index in [1.54, 1.807) is 40.6 Å². The zero-order chi connectivity index (χ0) is 37.1. The monoisotopic (exact) mass is 707 g/mol. The topological polar surface area (TPSA) is 115 Å². The molecule has 0 unspecified atom stereocenters. The lowest BCUT2D eigenvalue weighted by atomic mass is 9.94. The number of carbonyl (C=O) groups is 2. The molecule has 2 amide bonds. The summed E-state index contributed by atoms with van der Waals surface area (Å²) in [4.78, 5) is 43.3. The lowest BCUT2D eigenvalue weighted by molar-refractivity contribution is -0.134. The van der Waals surface area contributed by atoms with E-state index in [1.807, 2.05) is 48.2 Å². The fourth-order valence-electron chi connectivity index (χ4n) is 7.97. The van der Waals surface area contributed by atoms with Crippen molar-refractivity contribution in [3.63, 3.8) is 0 Å². The molecule has 1 aliphatic carbocycles. The van der Waals surface area contributed by atoms with Crippen LogP contribution in [-0.4, -0.2) is 57.7 Å². The number of ether oxygens (including phenoxy) is 4. The SMILES string of the molecule is CC[C@@H](C)[C@H](Nc1ccc2c(cc1=O)[C@@H](NC(C)=O)CCc1cc(OC)c(OC)c(OC)c1-2)C(=O)N1CCC[C@@H]1c1ccc(OC)c2ccccc12. The summed E-state index contributed by atoms with van der Waals surface area (Å²) in [5, 5.41) is 8.56. The highest BCUT2D eigenvalue weighted by atomic mass is 16.5. The number of hydrogen-bond donors (Lipinski definition) is 2. The third kappa shape index (κ3) is 6.74. The number of likely N-dealkylation sites (tertiary alicyclic amines) is 1. The molecule has 0 bridgehead atoms. The van der Waals surface area contributed by atoms with Crippen LogP contribution in [0.5, 0.6) is 23.0 Å². The Morgan fingerprint density at radius 3 is 2.27 bits per heavy atom. The number of rotatable bonds is 11. The Morgan fingerprint density at radius 1 is 0.865 bits per heavy atom. The molecule has 1 fully saturated rings. The zero-order valence-corrected chi connectivity index (χ0v) is 31.1. The Labute approximate surface area is 305 Å². The van der Waals surface area contributed by atoms with Gasteiger partial charge in [-0.1, -0.05) is 56.7 Å². The second-order valence-electron chi connectivity index (χ2n) is 13.7. The molecule has 0 radical (unpaired) electrons. The highest BCUT2D eigenvalue weighted by Gasteiger charge is 2.37. The van der Waals surface area contributed by atoms with Crippen molar-refractivity contribution in [2.75, 3.05) is 40.3 Å². The van der Waals surface area contributed by atoms with Gasteiger partial charge in [0.15, 0.2) is 11.5 Å². The van der Waals surface area contributed by atoms with Crippen LogP contribution in [0.4, 0.5) is 5.69 Å². The maximum atomic E-state index is 14.7. The summed E-state index contributed by atoms with van der Waals surface area (Å²) in [6.45, 7) is 6.19. The number of fused-ring (bicyclic) bond motifs is 4. The van der Waals surface area contributed by atoms with Gasteiger partial charge in [0.05, 0.1) is 46.2 Å². The molecule has 1 heterocycles. The molecule has 1 saturated heterocycles. The maximum absolute atomic E-state index is 14.7. The molecule has 10 heteroatoms. The first kappa shape index (κ1) is 36.5. The Bertz CT molecular complexity index is 2050. The molecular formula is C42H49N3O7. The first-order valence-corrected chi connectivity index (χ1v) is 18.1. The van der Waals surface area contributed by atoms with Gasteiger partial charge in [0.2, 0.25) is 23.0 Å². The molecule has 0 spiro atoms. The molecular weight excluding hydrogens is 658 g/mol. The Morgan fingerprint density at radius 2 is 1.60 bits per heavy atom. The van der Waals surface area contributed by atoms with Crippen LogP contribution in [0.15, 0.2) is 65.5 Å². The van der Waals surface area contributed by atoms with Crippen molar-refractivity contribution in [3.05, 3.63) is 87.6 Å². The molecule has 2 aliphatic rings. The molecule has 10 nitrogen and oxygen atoms in total. The summed E-state index contributed by atoms with van der Waals surface area (Å²) in [5.41, 5.74) is 4.22. The summed E-state index contributed by atoms with van der Waals surface area (Å²) in [6, 6.07) is 18.1. The number of aryl methyl sites for hydroxylation is 1. The van der Waals surface area contributed by atoms with Gasteiger partial charge in [0, 0.05) is 24.4 Å². The van der Waals surface area contributed by atoms with Crippen LogP contribution in [0.1, 0.15) is 75.2 Å². The van der Waals surface area contributed by atoms with E-state index >= 15 is 0 Å². The van der Waals surface area contributed by atoms with Crippen LogP contribution in [0.2, 0.25) is 0 Å². The molecule has 0 aromatic heterocycles. The fraction of sp³-hybridized carbons (Fsp3) is 0.405. The standard InChI is InChI=1S/C42H49N3O7/c1-8-24(2)39(42(48)45-21-11-14-34(45)28-17-20-36(49-4)29-13-10-9-12-27(28)29)44-33-19-16-30-31(23-35(33)47)32(43-25(3)46)18-15-26-22-37(50-5)40(51-6)41(52-7)38(26)30/h9-10,12-13,16-17,19-20,22-24,32,34,39H,8,11,14-15,18,21H2,1-7H3,(H,43,46)(H,44,47)/t24-,32+,34-,39+/m1/s1. The van der Waals surface area contributed by atoms with E-state index in [4.69, 9.17) is 18.9 Å². The second kappa shape index (κ2) is 15.6. The highest BCUT2D eigenvalue weighted by molar-refractivity contribution is 5.93. The maximum Gasteiger partial charge on any atom is 0.245 e. The van der Waals surface area contributed by atoms with E-state index in [2.05, 4.69) is 29.7 Å². The van der Waals surface area contributed by atoms with Crippen LogP contribution in [0.3, 0.4) is 0 Å². The van der Waals surface area contributed by atoms with Gasteiger partial charge >= 0.3 is 0 Å². The molecule has 2 N–H and O–H groups in total. The van der Waals surface area contributed by atoms with Gasteiger partial charge in [0.1, 0.15) is 11.8 Å². The minimum atomic E-state index is -0.651. The number of anilines is 1. The normalized spacial score (nSPS) is 17.6. The van der Waals surface area contributed by atoms with E-state index in [0.717, 1.165) is 58.0 Å². The Kier molecular flexibility index (Phi) is 10.9. The van der Waals surface area contributed by atoms with Crippen molar-refractivity contribution >= 4 is 28.3 Å². The highest BCUT2D eigenvalue weighted by Crippen LogP contribution is 2.50. The van der Waals surface area contributed by atoms with E-state index in [1.165, 1.54) is 6.92 Å². The molecule has 274 valence electrons. The molecule has 4 atom stereocenters. The molecule has 0 saturated carbocycles. The first-order chi connectivity index (χ1) is 25.1. The van der Waals surface area contributed by atoms with E-state index < -0.39 is 12.1 Å². The van der Waals surface area contributed by atoms with Crippen molar-refractivity contribution in [3.8, 4) is 34.1 Å². The molecule has 52 heavy (non-hydrogen) atoms. The lowest BCUT2D eigenvalue weighted by Gasteiger charge is -2.33. The average molecular weight is 708 g/mol. The van der Waals surface area contributed by atoms with Gasteiger partial charge in [-0.25, -0.2) is 0 Å². The number of carbonyl (C=O) groups excluding carboxylic acids is 2. The lowest BCUT2D eigenvalue weighted by Crippen LogP contribution is -2.46. The number of amides is 2. The number of nitrogens with one attached hydrogen (secondary N) is 2. The Hall–Kier alpha value is -5.25. The van der Waals surface area contributed by atoms with Gasteiger partial charge in [-0.15, -0.1) is 0 Å². The molecule has 4 aromatic carbocycles. The van der Waals surface area contributed by atoms with Crippen LogP contribution >= 0.6 is 0 Å². The second-order valence-corrected chi connectivity index (χ2v) is 13.7. The van der Waals surface area contributed by atoms with E-state index in [0.29, 0.717) is 47.9 Å². The number of nitrogens with zero attached hydrogens (tertiary/aromatic N) is 1. The summed E-state index contributed by atoms with van der Waals surface area (Å²) in [5.74, 6) is 1.93. The van der Waals surface area contributed by atoms with Crippen molar-refractivity contribution in [2.45, 2.75) is 71.0 Å². The van der Waals surface area contributed by atoms with Crippen molar-refractivity contribution in [2.24, 2.45) is 5.92 Å². The van der Waals surface area contributed by atoms with Crippen LogP contribution in [-0.2, 0) is 16.0 Å². The van der Waals surface area contributed by atoms with Crippen LogP contribution < -0.4 is 35.0 Å². The van der Waals surface area contributed by atoms with Crippen LogP contribution in [0, 0.1) is 5.92 Å². The largest absolute Gasteiger partial charge is 0.496 e. The van der Waals surface area contributed by atoms with Gasteiger partial charge < -0.3 is 34.5 Å². The predicted octanol–water partition coefficient (Wildman–Crippen LogP) is 7.22. The average Bonchev–Trinajstić information content (AvgIpc) is 3.53. The minimum Gasteiger partial charge on any atom is -0.496 e. The molecule has 6 rings (SSSR count).